The molecule has 9 nitrogen and oxygen atoms in total. The van der Waals surface area contributed by atoms with Crippen molar-refractivity contribution in [3.8, 4) is 11.5 Å². The Bertz CT molecular complexity index is 1390. The molecule has 2 aliphatic heterocycles. The number of thiophene rings is 1. The third-order valence-corrected chi connectivity index (χ3v) is 8.47. The van der Waals surface area contributed by atoms with Crippen molar-refractivity contribution in [2.24, 2.45) is 5.10 Å². The Kier molecular flexibility index (Phi) is 9.56. The molecule has 2 amide bonds. The molecule has 2 aliphatic rings. The van der Waals surface area contributed by atoms with Crippen LogP contribution < -0.4 is 9.47 Å². The van der Waals surface area contributed by atoms with Crippen LogP contribution in [-0.4, -0.2) is 92.5 Å². The predicted molar refractivity (Wildman–Crippen MR) is 159 cm³/mol. The summed E-state index contributed by atoms with van der Waals surface area (Å²) in [6.45, 7) is 3.85. The smallest absolute Gasteiger partial charge is 0.264 e. The molecule has 3 heterocycles. The van der Waals surface area contributed by atoms with Crippen molar-refractivity contribution in [3.63, 3.8) is 0 Å². The first-order valence-corrected chi connectivity index (χ1v) is 14.7. The Morgan fingerprint density at radius 1 is 1.10 bits per heavy atom. The number of nitrogens with zero attached hydrogens (tertiary/aromatic N) is 4. The Labute approximate surface area is 248 Å². The number of ether oxygens (including phenoxy) is 3. The maximum absolute atomic E-state index is 14.1. The molecule has 1 atom stereocenters. The van der Waals surface area contributed by atoms with Crippen molar-refractivity contribution in [1.29, 1.82) is 0 Å². The molecule has 41 heavy (non-hydrogen) atoms. The van der Waals surface area contributed by atoms with E-state index in [2.05, 4.69) is 4.90 Å². The number of carbonyl (C=O) groups is 2. The van der Waals surface area contributed by atoms with Crippen molar-refractivity contribution < 1.29 is 23.8 Å². The first-order chi connectivity index (χ1) is 20.0. The maximum atomic E-state index is 14.1. The molecule has 0 spiro atoms. The molecule has 1 unspecified atom stereocenters. The third kappa shape index (κ3) is 6.73. The van der Waals surface area contributed by atoms with E-state index in [0.29, 0.717) is 59.8 Å². The van der Waals surface area contributed by atoms with Gasteiger partial charge in [-0.05, 0) is 35.7 Å². The standard InChI is InChI=1S/C30H33ClN4O5S/c1-38-21-9-10-27(39-2)23(18-21)26-19-25(22-6-3-4-7-24(22)31)32-35(26)29(36)20-34(30(37)28-8-5-17-41-28)12-11-33-13-15-40-16-14-33/h3-10,17-18,26H,11-16,19-20H2,1-2H3. The Hall–Kier alpha value is -3.44. The van der Waals surface area contributed by atoms with Crippen LogP contribution in [0.5, 0.6) is 11.5 Å². The highest BCUT2D eigenvalue weighted by atomic mass is 35.5. The van der Waals surface area contributed by atoms with Crippen molar-refractivity contribution >= 4 is 40.5 Å². The highest BCUT2D eigenvalue weighted by molar-refractivity contribution is 7.12. The molecule has 1 saturated heterocycles. The highest BCUT2D eigenvalue weighted by Gasteiger charge is 2.37. The van der Waals surface area contributed by atoms with E-state index >= 15 is 0 Å². The van der Waals surface area contributed by atoms with Gasteiger partial charge in [-0.15, -0.1) is 11.3 Å². The zero-order valence-electron chi connectivity index (χ0n) is 23.1. The van der Waals surface area contributed by atoms with Gasteiger partial charge in [0.2, 0.25) is 0 Å². The topological polar surface area (TPSA) is 83.9 Å². The van der Waals surface area contributed by atoms with Crippen LogP contribution in [0.4, 0.5) is 0 Å². The molecule has 1 fully saturated rings. The number of rotatable bonds is 10. The van der Waals surface area contributed by atoms with E-state index in [4.69, 9.17) is 30.9 Å². The van der Waals surface area contributed by atoms with Crippen molar-refractivity contribution in [1.82, 2.24) is 14.8 Å². The second kappa shape index (κ2) is 13.5. The normalized spacial score (nSPS) is 17.3. The lowest BCUT2D eigenvalue weighted by Gasteiger charge is -2.31. The first-order valence-electron chi connectivity index (χ1n) is 13.5. The number of methoxy groups -OCH3 is 2. The summed E-state index contributed by atoms with van der Waals surface area (Å²) >= 11 is 7.90. The van der Waals surface area contributed by atoms with Gasteiger partial charge in [-0.1, -0.05) is 35.9 Å². The monoisotopic (exact) mass is 596 g/mol. The van der Waals surface area contributed by atoms with Gasteiger partial charge in [0.05, 0.1) is 44.1 Å². The van der Waals surface area contributed by atoms with Crippen molar-refractivity contribution in [2.75, 3.05) is 60.2 Å². The van der Waals surface area contributed by atoms with Gasteiger partial charge in [-0.25, -0.2) is 5.01 Å². The fourth-order valence-electron chi connectivity index (χ4n) is 5.07. The van der Waals surface area contributed by atoms with Crippen LogP contribution in [0, 0.1) is 0 Å². The molecule has 1 aromatic heterocycles. The van der Waals surface area contributed by atoms with E-state index in [1.165, 1.54) is 16.3 Å². The summed E-state index contributed by atoms with van der Waals surface area (Å²) in [5.41, 5.74) is 2.20. The van der Waals surface area contributed by atoms with Crippen LogP contribution in [0.1, 0.15) is 33.3 Å². The molecule has 0 bridgehead atoms. The third-order valence-electron chi connectivity index (χ3n) is 7.28. The number of halogens is 1. The average molecular weight is 597 g/mol. The van der Waals surface area contributed by atoms with Crippen molar-refractivity contribution in [2.45, 2.75) is 12.5 Å². The number of hydrogen-bond acceptors (Lipinski definition) is 8. The van der Waals surface area contributed by atoms with Gasteiger partial charge in [0.25, 0.3) is 11.8 Å². The SMILES string of the molecule is COc1ccc(OC)c(C2CC(c3ccccc3Cl)=NN2C(=O)CN(CCN2CCOCC2)C(=O)c2cccs2)c1. The second-order valence-corrected chi connectivity index (χ2v) is 11.1. The fraction of sp³-hybridized carbons (Fsp3) is 0.367. The van der Waals surface area contributed by atoms with E-state index in [1.54, 1.807) is 31.3 Å². The van der Waals surface area contributed by atoms with Crippen molar-refractivity contribution in [3.05, 3.63) is 81.0 Å². The summed E-state index contributed by atoms with van der Waals surface area (Å²) in [5.74, 6) is 0.780. The molecule has 11 heteroatoms. The Morgan fingerprint density at radius 2 is 1.90 bits per heavy atom. The number of benzene rings is 2. The van der Waals surface area contributed by atoms with Gasteiger partial charge in [-0.3, -0.25) is 14.5 Å². The first kappa shape index (κ1) is 29.1. The fourth-order valence-corrected chi connectivity index (χ4v) is 6.01. The average Bonchev–Trinajstić information content (AvgIpc) is 3.70. The summed E-state index contributed by atoms with van der Waals surface area (Å²) in [6, 6.07) is 16.1. The van der Waals surface area contributed by atoms with Crippen LogP contribution in [0.3, 0.4) is 0 Å². The number of amides is 2. The second-order valence-electron chi connectivity index (χ2n) is 9.75. The van der Waals surface area contributed by atoms with Gasteiger partial charge in [0, 0.05) is 48.7 Å². The molecular formula is C30H33ClN4O5S. The molecule has 216 valence electrons. The number of carbonyl (C=O) groups excluding carboxylic acids is 2. The highest BCUT2D eigenvalue weighted by Crippen LogP contribution is 2.40. The molecule has 0 saturated carbocycles. The summed E-state index contributed by atoms with van der Waals surface area (Å²) in [7, 11) is 3.19. The lowest BCUT2D eigenvalue weighted by Crippen LogP contribution is -2.46. The summed E-state index contributed by atoms with van der Waals surface area (Å²) in [6.07, 6.45) is 0.422. The van der Waals surface area contributed by atoms with E-state index in [9.17, 15) is 9.59 Å². The lowest BCUT2D eigenvalue weighted by molar-refractivity contribution is -0.133. The summed E-state index contributed by atoms with van der Waals surface area (Å²) in [5, 5.41) is 8.68. The van der Waals surface area contributed by atoms with E-state index in [1.807, 2.05) is 47.8 Å². The zero-order valence-corrected chi connectivity index (χ0v) is 24.7. The number of hydrogen-bond donors (Lipinski definition) is 0. The van der Waals surface area contributed by atoms with Gasteiger partial charge in [-0.2, -0.15) is 5.10 Å². The number of morpholine rings is 1. The largest absolute Gasteiger partial charge is 0.497 e. The predicted octanol–water partition coefficient (Wildman–Crippen LogP) is 4.57. The lowest BCUT2D eigenvalue weighted by atomic mass is 9.97. The molecule has 0 N–H and O–H groups in total. The van der Waals surface area contributed by atoms with Gasteiger partial charge in [0.1, 0.15) is 18.0 Å². The maximum Gasteiger partial charge on any atom is 0.264 e. The van der Waals surface area contributed by atoms with Crippen LogP contribution in [0.15, 0.2) is 65.1 Å². The zero-order chi connectivity index (χ0) is 28.8. The van der Waals surface area contributed by atoms with Gasteiger partial charge in [0.15, 0.2) is 0 Å². The van der Waals surface area contributed by atoms with Crippen LogP contribution in [0.25, 0.3) is 0 Å². The molecule has 0 radical (unpaired) electrons. The van der Waals surface area contributed by atoms with Gasteiger partial charge >= 0.3 is 0 Å². The van der Waals surface area contributed by atoms with Gasteiger partial charge < -0.3 is 19.1 Å². The summed E-state index contributed by atoms with van der Waals surface area (Å²) < 4.78 is 16.6. The molecular weight excluding hydrogens is 564 g/mol. The van der Waals surface area contributed by atoms with E-state index in [0.717, 1.165) is 24.2 Å². The minimum Gasteiger partial charge on any atom is -0.497 e. The van der Waals surface area contributed by atoms with Crippen LogP contribution >= 0.6 is 22.9 Å². The molecule has 2 aromatic carbocycles. The van der Waals surface area contributed by atoms with Crippen LogP contribution in [0.2, 0.25) is 5.02 Å². The molecule has 3 aromatic rings. The Balaban J connectivity index is 1.46. The Morgan fingerprint density at radius 3 is 2.61 bits per heavy atom. The minimum absolute atomic E-state index is 0.122. The van der Waals surface area contributed by atoms with E-state index < -0.39 is 6.04 Å². The molecule has 0 aliphatic carbocycles. The summed E-state index contributed by atoms with van der Waals surface area (Å²) in [4.78, 5) is 32.1. The quantitative estimate of drug-likeness (QED) is 0.341. The molecule has 5 rings (SSSR count). The van der Waals surface area contributed by atoms with Crippen LogP contribution in [-0.2, 0) is 9.53 Å². The minimum atomic E-state index is -0.475. The van der Waals surface area contributed by atoms with E-state index in [-0.39, 0.29) is 18.4 Å². The number of hydrazone groups is 1.